The highest BCUT2D eigenvalue weighted by atomic mass is 32.1. The summed E-state index contributed by atoms with van der Waals surface area (Å²) in [5.74, 6) is 0.934. The molecule has 2 saturated heterocycles. The third-order valence-corrected chi connectivity index (χ3v) is 12.3. The first-order chi connectivity index (χ1) is 30.2. The molecule has 8 rings (SSSR count). The van der Waals surface area contributed by atoms with Gasteiger partial charge in [0.2, 0.25) is 0 Å². The number of anilines is 4. The number of rotatable bonds is 12. The molecule has 2 aromatic heterocycles. The van der Waals surface area contributed by atoms with Gasteiger partial charge in [0.1, 0.15) is 22.5 Å². The van der Waals surface area contributed by atoms with Gasteiger partial charge in [-0.25, -0.2) is 14.8 Å². The molecule has 0 radical (unpaired) electrons. The van der Waals surface area contributed by atoms with Gasteiger partial charge < -0.3 is 43.7 Å². The lowest BCUT2D eigenvalue weighted by Crippen LogP contribution is -2.36. The van der Waals surface area contributed by atoms with Crippen molar-refractivity contribution in [2.45, 2.75) is 13.1 Å². The Morgan fingerprint density at radius 1 is 0.661 bits per heavy atom. The normalized spacial score (nSPS) is 13.9. The van der Waals surface area contributed by atoms with Gasteiger partial charge in [0.05, 0.1) is 68.5 Å². The molecule has 2 aliphatic heterocycles. The maximum absolute atomic E-state index is 12.8. The zero-order valence-corrected chi connectivity index (χ0v) is 37.0. The third kappa shape index (κ3) is 10.3. The predicted molar refractivity (Wildman–Crippen MR) is 244 cm³/mol. The van der Waals surface area contributed by atoms with E-state index in [0.717, 1.165) is 75.7 Å². The van der Waals surface area contributed by atoms with Gasteiger partial charge in [-0.15, -0.1) is 0 Å². The summed E-state index contributed by atoms with van der Waals surface area (Å²) in [7, 11) is 8.13. The van der Waals surface area contributed by atoms with E-state index in [1.807, 2.05) is 61.6 Å². The van der Waals surface area contributed by atoms with E-state index >= 15 is 0 Å². The Hall–Kier alpha value is -6.05. The van der Waals surface area contributed by atoms with Crippen molar-refractivity contribution in [1.29, 1.82) is 0 Å². The number of hydrogen-bond donors (Lipinski definition) is 3. The van der Waals surface area contributed by atoms with Gasteiger partial charge in [0.15, 0.2) is 10.3 Å². The van der Waals surface area contributed by atoms with E-state index in [2.05, 4.69) is 41.8 Å². The molecule has 4 heterocycles. The lowest BCUT2D eigenvalue weighted by molar-refractivity contribution is 0.101. The zero-order chi connectivity index (χ0) is 43.6. The number of aromatic nitrogens is 2. The number of methoxy groups -OCH3 is 3. The Morgan fingerprint density at radius 2 is 1.10 bits per heavy atom. The smallest absolute Gasteiger partial charge is 0.409 e. The third-order valence-electron chi connectivity index (χ3n) is 10.3. The van der Waals surface area contributed by atoms with E-state index in [-0.39, 0.29) is 11.8 Å². The largest absolute Gasteiger partial charge is 0.494 e. The van der Waals surface area contributed by atoms with Crippen molar-refractivity contribution in [3.8, 4) is 11.5 Å². The molecular weight excluding hydrogens is 833 g/mol. The molecule has 0 spiro atoms. The average Bonchev–Trinajstić information content (AvgIpc) is 3.94. The molecule has 6 aromatic rings. The molecular formula is C44H50N8O8S2. The van der Waals surface area contributed by atoms with Crippen molar-refractivity contribution in [3.63, 3.8) is 0 Å². The summed E-state index contributed by atoms with van der Waals surface area (Å²) in [6.45, 7) is 7.21. The number of nitrogens with zero attached hydrogens (tertiary/aromatic N) is 5. The summed E-state index contributed by atoms with van der Waals surface area (Å²) in [5.41, 5.74) is 6.76. The molecule has 18 heteroatoms. The first-order valence-corrected chi connectivity index (χ1v) is 21.7. The van der Waals surface area contributed by atoms with Crippen molar-refractivity contribution in [2.24, 2.45) is 0 Å². The minimum Gasteiger partial charge on any atom is -0.494 e. The molecule has 0 aliphatic carbocycles. The van der Waals surface area contributed by atoms with Gasteiger partial charge >= 0.3 is 6.09 Å². The molecule has 326 valence electrons. The van der Waals surface area contributed by atoms with Crippen LogP contribution in [0.5, 0.6) is 11.5 Å². The van der Waals surface area contributed by atoms with Crippen LogP contribution >= 0.6 is 22.7 Å². The summed E-state index contributed by atoms with van der Waals surface area (Å²) in [6.07, 6.45) is -0.417. The molecule has 0 atom stereocenters. The monoisotopic (exact) mass is 882 g/mol. The number of fused-ring (bicyclic) bond motifs is 2. The number of ether oxygens (including phenoxy) is 5. The van der Waals surface area contributed by atoms with Gasteiger partial charge in [-0.2, -0.15) is 0 Å². The number of morpholine rings is 2. The number of carbonyl (C=O) groups is 3. The van der Waals surface area contributed by atoms with Gasteiger partial charge in [0, 0.05) is 57.4 Å². The Bertz CT molecular complexity index is 2480. The van der Waals surface area contributed by atoms with Gasteiger partial charge in [-0.3, -0.25) is 20.2 Å². The number of nitrogens with one attached hydrogen (secondary N) is 3. The summed E-state index contributed by atoms with van der Waals surface area (Å²) in [4.78, 5) is 52.4. The number of thiazole rings is 2. The van der Waals surface area contributed by atoms with E-state index in [1.165, 1.54) is 34.7 Å². The first-order valence-electron chi connectivity index (χ1n) is 20.0. The molecule has 16 nitrogen and oxygen atoms in total. The average molecular weight is 883 g/mol. The topological polar surface area (TPSA) is 169 Å². The van der Waals surface area contributed by atoms with E-state index in [9.17, 15) is 14.4 Å². The summed E-state index contributed by atoms with van der Waals surface area (Å²) in [5, 5.41) is 10.00. The highest BCUT2D eigenvalue weighted by Crippen LogP contribution is 2.41. The van der Waals surface area contributed by atoms with E-state index in [4.69, 9.17) is 23.7 Å². The van der Waals surface area contributed by atoms with E-state index < -0.39 is 6.09 Å². The summed E-state index contributed by atoms with van der Waals surface area (Å²) < 4.78 is 28.6. The van der Waals surface area contributed by atoms with Crippen molar-refractivity contribution < 1.29 is 38.1 Å². The van der Waals surface area contributed by atoms with E-state index in [0.29, 0.717) is 65.9 Å². The fraction of sp³-hybridized carbons (Fsp3) is 0.341. The highest BCUT2D eigenvalue weighted by Gasteiger charge is 2.22. The minimum absolute atomic E-state index is 0.174. The van der Waals surface area contributed by atoms with Crippen LogP contribution in [0.2, 0.25) is 0 Å². The van der Waals surface area contributed by atoms with Gasteiger partial charge in [-0.05, 0) is 66.7 Å². The maximum atomic E-state index is 12.8. The molecule has 2 aliphatic rings. The Labute approximate surface area is 367 Å². The fourth-order valence-electron chi connectivity index (χ4n) is 7.06. The predicted octanol–water partition coefficient (Wildman–Crippen LogP) is 6.71. The van der Waals surface area contributed by atoms with Gasteiger partial charge in [0.25, 0.3) is 11.8 Å². The standard InChI is InChI=1S/C23H26N4O5S.C21H24N4O3S/c1-26(23(29)31-3)14-15-4-6-16(7-5-15)21(28)25-22-24-19-18(30-2)9-8-17(20(19)33-22)27-10-12-32-13-11-27;1-22-13-14-3-5-15(6-4-14)20(26)24-21-23-18-17(27-2)8-7-16(19(18)29-21)25-9-11-28-12-10-25/h4-9H,10-14H2,1-3H3,(H,24,25,28);3-8,22H,9-13H2,1-2H3,(H,23,24,26). The molecule has 3 amide bonds. The molecule has 2 fully saturated rings. The lowest BCUT2D eigenvalue weighted by atomic mass is 10.1. The zero-order valence-electron chi connectivity index (χ0n) is 35.3. The van der Waals surface area contributed by atoms with Crippen molar-refractivity contribution in [2.75, 3.05) is 108 Å². The maximum Gasteiger partial charge on any atom is 0.409 e. The van der Waals surface area contributed by atoms with Crippen LogP contribution in [0.1, 0.15) is 31.8 Å². The molecule has 0 unspecified atom stereocenters. The first kappa shape index (κ1) is 44.0. The van der Waals surface area contributed by atoms with Crippen LogP contribution in [-0.2, 0) is 27.3 Å². The molecule has 0 bridgehead atoms. The molecule has 4 aromatic carbocycles. The second-order valence-electron chi connectivity index (χ2n) is 14.3. The fourth-order valence-corrected chi connectivity index (χ4v) is 9.09. The quantitative estimate of drug-likeness (QED) is 0.119. The van der Waals surface area contributed by atoms with Crippen LogP contribution in [0.3, 0.4) is 0 Å². The van der Waals surface area contributed by atoms with Crippen LogP contribution in [0.4, 0.5) is 26.4 Å². The molecule has 0 saturated carbocycles. The Kier molecular flexibility index (Phi) is 14.7. The van der Waals surface area contributed by atoms with Crippen LogP contribution < -0.4 is 35.2 Å². The lowest BCUT2D eigenvalue weighted by Gasteiger charge is -2.29. The number of benzene rings is 4. The second kappa shape index (κ2) is 20.7. The van der Waals surface area contributed by atoms with Crippen LogP contribution in [0.15, 0.2) is 72.8 Å². The Balaban J connectivity index is 0.000000188. The molecule has 3 N–H and O–H groups in total. The second-order valence-corrected chi connectivity index (χ2v) is 16.3. The van der Waals surface area contributed by atoms with Crippen LogP contribution in [-0.4, -0.2) is 121 Å². The van der Waals surface area contributed by atoms with Crippen molar-refractivity contribution >= 4 is 82.7 Å². The van der Waals surface area contributed by atoms with Crippen molar-refractivity contribution in [3.05, 3.63) is 95.1 Å². The summed E-state index contributed by atoms with van der Waals surface area (Å²) >= 11 is 2.89. The molecule has 62 heavy (non-hydrogen) atoms. The van der Waals surface area contributed by atoms with Crippen LogP contribution in [0.25, 0.3) is 20.4 Å². The SMILES string of the molecule is CNCc1ccc(C(=O)Nc2nc3c(OC)ccc(N4CCOCC4)c3s2)cc1.COC(=O)N(C)Cc1ccc(C(=O)Nc2nc3c(OC)ccc(N4CCOCC4)c3s2)cc1. The highest BCUT2D eigenvalue weighted by molar-refractivity contribution is 7.23. The number of hydrogen-bond acceptors (Lipinski definition) is 15. The summed E-state index contributed by atoms with van der Waals surface area (Å²) in [6, 6.07) is 22.5. The van der Waals surface area contributed by atoms with E-state index in [1.54, 1.807) is 33.4 Å². The Morgan fingerprint density at radius 3 is 1.50 bits per heavy atom. The number of amides is 3. The number of carbonyl (C=O) groups excluding carboxylic acids is 3. The van der Waals surface area contributed by atoms with Gasteiger partial charge in [-0.1, -0.05) is 46.9 Å². The van der Waals surface area contributed by atoms with Crippen molar-refractivity contribution in [1.82, 2.24) is 20.2 Å². The minimum atomic E-state index is -0.417. The van der Waals surface area contributed by atoms with Crippen LogP contribution in [0, 0.1) is 0 Å².